The largest absolute Gasteiger partial charge is 0.394 e. The van der Waals surface area contributed by atoms with E-state index in [0.717, 1.165) is 51.4 Å². The Balaban J connectivity index is 2.18. The number of nitrogens with one attached hydrogen (secondary N) is 1. The van der Waals surface area contributed by atoms with Gasteiger partial charge in [-0.1, -0.05) is 274 Å². The molecular formula is C65H119NO8. The molecule has 1 rings (SSSR count). The summed E-state index contributed by atoms with van der Waals surface area (Å²) in [5.74, 6) is -0.185. The van der Waals surface area contributed by atoms with Gasteiger partial charge in [-0.3, -0.25) is 4.79 Å². The lowest BCUT2D eigenvalue weighted by Gasteiger charge is -2.40. The van der Waals surface area contributed by atoms with Gasteiger partial charge in [0.25, 0.3) is 0 Å². The Morgan fingerprint density at radius 3 is 1.23 bits per heavy atom. The van der Waals surface area contributed by atoms with Crippen molar-refractivity contribution in [1.82, 2.24) is 5.32 Å². The highest BCUT2D eigenvalue weighted by molar-refractivity contribution is 5.76. The van der Waals surface area contributed by atoms with Gasteiger partial charge < -0.3 is 40.3 Å². The first-order valence-electron chi connectivity index (χ1n) is 31.5. The van der Waals surface area contributed by atoms with Crippen molar-refractivity contribution in [3.63, 3.8) is 0 Å². The van der Waals surface area contributed by atoms with Crippen LogP contribution in [0, 0.1) is 0 Å². The van der Waals surface area contributed by atoms with Crippen LogP contribution in [0.15, 0.2) is 60.8 Å². The Morgan fingerprint density at radius 2 is 0.811 bits per heavy atom. The van der Waals surface area contributed by atoms with E-state index in [-0.39, 0.29) is 12.5 Å². The summed E-state index contributed by atoms with van der Waals surface area (Å²) in [5, 5.41) is 54.6. The number of hydrogen-bond acceptors (Lipinski definition) is 8. The van der Waals surface area contributed by atoms with Crippen LogP contribution in [0.1, 0.15) is 290 Å². The van der Waals surface area contributed by atoms with Gasteiger partial charge in [-0.2, -0.15) is 0 Å². The molecule has 1 aliphatic heterocycles. The maximum Gasteiger partial charge on any atom is 0.220 e. The second kappa shape index (κ2) is 54.3. The third-order valence-corrected chi connectivity index (χ3v) is 14.8. The average Bonchev–Trinajstić information content (AvgIpc) is 3.40. The number of unbranched alkanes of at least 4 members (excludes halogenated alkanes) is 36. The highest BCUT2D eigenvalue weighted by atomic mass is 16.7. The van der Waals surface area contributed by atoms with Gasteiger partial charge in [0.2, 0.25) is 5.91 Å². The zero-order valence-corrected chi connectivity index (χ0v) is 48.1. The number of hydrogen-bond donors (Lipinski definition) is 6. The summed E-state index contributed by atoms with van der Waals surface area (Å²) in [6, 6.07) is -0.824. The molecule has 9 heteroatoms. The van der Waals surface area contributed by atoms with Crippen molar-refractivity contribution < 1.29 is 39.8 Å². The molecule has 74 heavy (non-hydrogen) atoms. The Morgan fingerprint density at radius 1 is 0.459 bits per heavy atom. The van der Waals surface area contributed by atoms with Crippen molar-refractivity contribution in [2.75, 3.05) is 13.2 Å². The quantitative estimate of drug-likeness (QED) is 0.0261. The second-order valence-electron chi connectivity index (χ2n) is 21.8. The van der Waals surface area contributed by atoms with Crippen LogP contribution >= 0.6 is 0 Å². The molecule has 0 saturated carbocycles. The molecule has 0 aromatic heterocycles. The number of carbonyl (C=O) groups excluding carboxylic acids is 1. The van der Waals surface area contributed by atoms with Gasteiger partial charge in [0, 0.05) is 6.42 Å². The van der Waals surface area contributed by atoms with E-state index in [1.807, 2.05) is 6.08 Å². The molecule has 0 bridgehead atoms. The minimum absolute atomic E-state index is 0.185. The summed E-state index contributed by atoms with van der Waals surface area (Å²) in [6.45, 7) is 3.78. The zero-order chi connectivity index (χ0) is 53.6. The lowest BCUT2D eigenvalue weighted by atomic mass is 9.99. The minimum Gasteiger partial charge on any atom is -0.394 e. The number of allylic oxidation sites excluding steroid dienone is 9. The molecule has 1 fully saturated rings. The lowest BCUT2D eigenvalue weighted by Crippen LogP contribution is -2.60. The molecule has 1 heterocycles. The molecule has 0 radical (unpaired) electrons. The van der Waals surface area contributed by atoms with Crippen LogP contribution in [0.4, 0.5) is 0 Å². The van der Waals surface area contributed by atoms with E-state index in [1.165, 1.54) is 218 Å². The van der Waals surface area contributed by atoms with E-state index >= 15 is 0 Å². The first kappa shape index (κ1) is 69.9. The van der Waals surface area contributed by atoms with Crippen molar-refractivity contribution in [3.05, 3.63) is 60.8 Å². The summed E-state index contributed by atoms with van der Waals surface area (Å²) < 4.78 is 11.3. The molecular weight excluding hydrogens is 923 g/mol. The van der Waals surface area contributed by atoms with Crippen LogP contribution in [0.2, 0.25) is 0 Å². The topological polar surface area (TPSA) is 149 Å². The number of aliphatic hydroxyl groups excluding tert-OH is 5. The molecule has 1 amide bonds. The highest BCUT2D eigenvalue weighted by Gasteiger charge is 2.44. The van der Waals surface area contributed by atoms with Crippen molar-refractivity contribution in [3.8, 4) is 0 Å². The molecule has 7 atom stereocenters. The summed E-state index contributed by atoms with van der Waals surface area (Å²) in [5.41, 5.74) is 0. The van der Waals surface area contributed by atoms with E-state index in [4.69, 9.17) is 9.47 Å². The van der Waals surface area contributed by atoms with E-state index in [0.29, 0.717) is 6.42 Å². The zero-order valence-electron chi connectivity index (χ0n) is 48.1. The van der Waals surface area contributed by atoms with Gasteiger partial charge in [0.05, 0.1) is 25.4 Å². The predicted molar refractivity (Wildman–Crippen MR) is 313 cm³/mol. The number of rotatable bonds is 54. The van der Waals surface area contributed by atoms with Gasteiger partial charge in [-0.15, -0.1) is 0 Å². The van der Waals surface area contributed by atoms with Crippen LogP contribution in [-0.2, 0) is 14.3 Å². The van der Waals surface area contributed by atoms with E-state index < -0.39 is 49.5 Å². The van der Waals surface area contributed by atoms with E-state index in [2.05, 4.69) is 67.8 Å². The van der Waals surface area contributed by atoms with Crippen molar-refractivity contribution in [1.29, 1.82) is 0 Å². The van der Waals surface area contributed by atoms with Crippen molar-refractivity contribution in [2.24, 2.45) is 0 Å². The van der Waals surface area contributed by atoms with Crippen LogP contribution in [0.5, 0.6) is 0 Å². The molecule has 0 aromatic carbocycles. The third kappa shape index (κ3) is 42.9. The molecule has 432 valence electrons. The fraction of sp³-hybridized carbons (Fsp3) is 0.831. The molecule has 0 aromatic rings. The molecule has 1 saturated heterocycles. The fourth-order valence-corrected chi connectivity index (χ4v) is 9.83. The number of aliphatic hydroxyl groups is 5. The maximum atomic E-state index is 13.1. The Kier molecular flexibility index (Phi) is 51.3. The van der Waals surface area contributed by atoms with Crippen molar-refractivity contribution in [2.45, 2.75) is 333 Å². The van der Waals surface area contributed by atoms with Gasteiger partial charge in [0.15, 0.2) is 6.29 Å². The Hall–Kier alpha value is -2.11. The van der Waals surface area contributed by atoms with Gasteiger partial charge in [-0.05, 0) is 70.6 Å². The Bertz CT molecular complexity index is 1350. The first-order valence-corrected chi connectivity index (χ1v) is 31.5. The normalized spacial score (nSPS) is 19.4. The molecule has 1 aliphatic rings. The molecule has 0 spiro atoms. The SMILES string of the molecule is CCCCCCC/C=C\C/C=C\C/C=C\CCCCCCCCCCCCCCCCCCC(=O)NC(COC1OC(CO)C(O)C(O)C1O)C(O)/C=C/CC/C=C/CCCCCCCCCCCCCCCC. The minimum atomic E-state index is -1.57. The molecule has 6 N–H and O–H groups in total. The van der Waals surface area contributed by atoms with Crippen LogP contribution in [0.3, 0.4) is 0 Å². The summed E-state index contributed by atoms with van der Waals surface area (Å²) >= 11 is 0. The van der Waals surface area contributed by atoms with Crippen LogP contribution in [-0.4, -0.2) is 87.5 Å². The second-order valence-corrected chi connectivity index (χ2v) is 21.8. The lowest BCUT2D eigenvalue weighted by molar-refractivity contribution is -0.302. The van der Waals surface area contributed by atoms with Gasteiger partial charge >= 0.3 is 0 Å². The summed E-state index contributed by atoms with van der Waals surface area (Å²) in [6.07, 6.45) is 67.3. The number of ether oxygens (including phenoxy) is 2. The predicted octanol–water partition coefficient (Wildman–Crippen LogP) is 16.2. The highest BCUT2D eigenvalue weighted by Crippen LogP contribution is 2.23. The summed E-state index contributed by atoms with van der Waals surface area (Å²) in [4.78, 5) is 13.1. The molecule has 0 aliphatic carbocycles. The molecule has 7 unspecified atom stereocenters. The first-order chi connectivity index (χ1) is 36.3. The van der Waals surface area contributed by atoms with Gasteiger partial charge in [0.1, 0.15) is 24.4 Å². The van der Waals surface area contributed by atoms with Crippen molar-refractivity contribution >= 4 is 5.91 Å². The molecule has 9 nitrogen and oxygen atoms in total. The monoisotopic (exact) mass is 1040 g/mol. The maximum absolute atomic E-state index is 13.1. The Labute approximate surface area is 456 Å². The average molecular weight is 1040 g/mol. The van der Waals surface area contributed by atoms with E-state index in [9.17, 15) is 30.3 Å². The number of carbonyl (C=O) groups is 1. The standard InChI is InChI=1S/C65H119NO8/c1-3-5-7-9-11-13-15-17-19-21-23-25-26-27-28-29-30-31-32-33-34-35-37-39-41-43-45-47-49-51-53-55-61(69)66-58(57-73-65-64(72)63(71)62(70)60(56-67)74-65)59(68)54-52-50-48-46-44-42-40-38-36-24-22-20-18-16-14-12-10-8-6-4-2/h15,17,21,23,26-27,44,46,52,54,58-60,62-65,67-68,70-72H,3-14,16,18-20,22,24-25,28-43,45,47-51,53,55-57H2,1-2H3,(H,66,69)/b17-15-,23-21-,27-26-,46-44+,54-52+. The number of amides is 1. The summed E-state index contributed by atoms with van der Waals surface area (Å²) in [7, 11) is 0. The smallest absolute Gasteiger partial charge is 0.220 e. The van der Waals surface area contributed by atoms with E-state index in [1.54, 1.807) is 6.08 Å². The third-order valence-electron chi connectivity index (χ3n) is 14.8. The van der Waals surface area contributed by atoms with Crippen LogP contribution in [0.25, 0.3) is 0 Å². The van der Waals surface area contributed by atoms with Crippen LogP contribution < -0.4 is 5.32 Å². The fourth-order valence-electron chi connectivity index (χ4n) is 9.83. The van der Waals surface area contributed by atoms with Gasteiger partial charge in [-0.25, -0.2) is 0 Å².